The zero-order valence-corrected chi connectivity index (χ0v) is 93.7. The number of halogens is 10. The van der Waals surface area contributed by atoms with Crippen molar-refractivity contribution < 1.29 is 42.0 Å². The largest absolute Gasteiger partial charge is 0.488 e. The molecule has 6 aliphatic heterocycles. The topological polar surface area (TPSA) is 169 Å². The van der Waals surface area contributed by atoms with Crippen LogP contribution in [0.25, 0.3) is 28.5 Å². The van der Waals surface area contributed by atoms with Gasteiger partial charge in [0.15, 0.2) is 23.1 Å². The molecule has 29 heteroatoms. The standard InChI is InChI=1S/C20H22Br2N2O.C20H23BrN2O.C20H22Cl2N2O.C20H23ClN2O.C20H22F2N2O.C19H20Cl2N2O2/c1-14-6-8-24(9-7-14)15(2)17-10-16(11-23-12-17)13-25-20-18(21)4-3-5-19(20)22;1-15-7-9-23(10-8-15)16(2)18-11-17(12-22-13-18)14-24-20-6-4-3-5-19(20)21;1-14-6-8-24(9-7-14)15(2)17-10-16(11-23-12-17)13-25-19-5-3-4-18(21)20(19)22;1-15-7-9-23(10-8-15)16(2)18-11-17(12-22-13-18)14-24-20-6-4-3-5-19(20)21;1-14-6-8-24(9-7-14)15(2)17-10-16(11-23-12-17)13-25-20-18(21)4-3-5-19(20)22;1-13-7-9-23(10-8-13)19(24)17-6-5-14(11-22-17)12-25-18-15(20)3-2-4-16(18)21/h3-5,10-12,14H,2,6-9,13H2,1H3;3-6,11-13,15H,2,7-10,14H2,1H3;3-5,10-12,14H,2,6-9,13H2,1H3;3-6,11-13,15H,2,7-10,14H2,1H3;3-5,10-12,14H,2,6-9,13H2,1H3;2-6,11,13H,7-10,12H2,1H3. The van der Waals surface area contributed by atoms with Gasteiger partial charge >= 0.3 is 0 Å². The van der Waals surface area contributed by atoms with Crippen molar-refractivity contribution in [1.29, 1.82) is 0 Å². The van der Waals surface area contributed by atoms with E-state index in [2.05, 4.69) is 201 Å². The van der Waals surface area contributed by atoms with Crippen LogP contribution in [0.15, 0.2) is 278 Å². The van der Waals surface area contributed by atoms with Crippen LogP contribution in [0, 0.1) is 47.1 Å². The van der Waals surface area contributed by atoms with Gasteiger partial charge in [-0.1, -0.05) is 187 Å². The van der Waals surface area contributed by atoms with E-state index in [4.69, 9.17) is 86.4 Å². The molecule has 0 N–H and O–H groups in total. The minimum absolute atomic E-state index is 0.00600. The van der Waals surface area contributed by atoms with Crippen LogP contribution in [-0.2, 0) is 39.6 Å². The molecule has 780 valence electrons. The van der Waals surface area contributed by atoms with Crippen molar-refractivity contribution in [2.45, 2.75) is 158 Å². The molecule has 1 amide bonds. The summed E-state index contributed by atoms with van der Waals surface area (Å²) in [6, 6.07) is 49.4. The molecule has 12 heterocycles. The van der Waals surface area contributed by atoms with Gasteiger partial charge in [0.05, 0.1) is 33.5 Å². The number of pyridine rings is 6. The Morgan fingerprint density at radius 3 is 0.939 bits per heavy atom. The molecule has 0 aliphatic carbocycles. The molecule has 6 saturated heterocycles. The van der Waals surface area contributed by atoms with Gasteiger partial charge in [0.2, 0.25) is 0 Å². The highest BCUT2D eigenvalue weighted by molar-refractivity contribution is 9.11. The maximum atomic E-state index is 13.6. The van der Waals surface area contributed by atoms with Crippen LogP contribution in [0.4, 0.5) is 8.78 Å². The Balaban J connectivity index is 0.000000148. The number of nitrogens with zero attached hydrogens (tertiary/aromatic N) is 12. The monoisotopic (exact) mass is 2290 g/mol. The zero-order chi connectivity index (χ0) is 105. The quantitative estimate of drug-likeness (QED) is 0.0433. The molecule has 0 radical (unpaired) electrons. The first-order valence-corrected chi connectivity index (χ1v) is 54.9. The second-order valence-corrected chi connectivity index (χ2v) is 43.4. The highest BCUT2D eigenvalue weighted by Crippen LogP contribution is 2.40. The molecule has 0 atom stereocenters. The summed E-state index contributed by atoms with van der Waals surface area (Å²) in [5.74, 6) is 6.23. The summed E-state index contributed by atoms with van der Waals surface area (Å²) in [6.45, 7) is 49.3. The lowest BCUT2D eigenvalue weighted by atomic mass is 9.98. The van der Waals surface area contributed by atoms with Crippen LogP contribution >= 0.6 is 106 Å². The van der Waals surface area contributed by atoms with Gasteiger partial charge in [0, 0.05) is 236 Å². The molecule has 6 aromatic carbocycles. The van der Waals surface area contributed by atoms with E-state index in [0.29, 0.717) is 80.4 Å². The van der Waals surface area contributed by atoms with Gasteiger partial charge in [-0.3, -0.25) is 34.7 Å². The smallest absolute Gasteiger partial charge is 0.272 e. The summed E-state index contributed by atoms with van der Waals surface area (Å²) in [5, 5.41) is 2.46. The Bertz CT molecular complexity index is 6100. The Morgan fingerprint density at radius 2 is 0.574 bits per heavy atom. The second-order valence-electron chi connectivity index (χ2n) is 38.8. The molecule has 12 aromatic rings. The van der Waals surface area contributed by atoms with Crippen LogP contribution in [0.1, 0.15) is 190 Å². The number of carbonyl (C=O) groups is 1. The van der Waals surface area contributed by atoms with Gasteiger partial charge in [-0.15, -0.1) is 0 Å². The molecule has 0 spiro atoms. The van der Waals surface area contributed by atoms with Crippen molar-refractivity contribution in [3.05, 3.63) is 382 Å². The van der Waals surface area contributed by atoms with Gasteiger partial charge in [-0.2, -0.15) is 0 Å². The third-order valence-electron chi connectivity index (χ3n) is 27.3. The van der Waals surface area contributed by atoms with E-state index >= 15 is 0 Å². The van der Waals surface area contributed by atoms with E-state index in [1.54, 1.807) is 61.2 Å². The van der Waals surface area contributed by atoms with Crippen molar-refractivity contribution in [1.82, 2.24) is 59.3 Å². The number of ether oxygens (including phenoxy) is 6. The van der Waals surface area contributed by atoms with Gasteiger partial charge < -0.3 is 57.8 Å². The number of aromatic nitrogens is 6. The number of carbonyl (C=O) groups excluding carboxylic acids is 1. The average molecular weight is 2300 g/mol. The molecule has 6 fully saturated rings. The highest BCUT2D eigenvalue weighted by Gasteiger charge is 2.28. The van der Waals surface area contributed by atoms with E-state index in [-0.39, 0.29) is 24.9 Å². The predicted molar refractivity (Wildman–Crippen MR) is 607 cm³/mol. The van der Waals surface area contributed by atoms with E-state index in [1.807, 2.05) is 133 Å². The number of hydrogen-bond donors (Lipinski definition) is 0. The van der Waals surface area contributed by atoms with Gasteiger partial charge in [0.1, 0.15) is 73.4 Å². The third-order valence-corrected chi connectivity index (χ3v) is 30.9. The summed E-state index contributed by atoms with van der Waals surface area (Å²) < 4.78 is 64.5. The number of amides is 1. The summed E-state index contributed by atoms with van der Waals surface area (Å²) >= 11 is 41.0. The fraction of sp³-hybridized carbons (Fsp3) is 0.353. The van der Waals surface area contributed by atoms with E-state index in [9.17, 15) is 13.6 Å². The van der Waals surface area contributed by atoms with Crippen LogP contribution in [0.2, 0.25) is 25.1 Å². The van der Waals surface area contributed by atoms with E-state index in [0.717, 1.165) is 248 Å². The molecule has 148 heavy (non-hydrogen) atoms. The van der Waals surface area contributed by atoms with Gasteiger partial charge in [-0.25, -0.2) is 8.78 Å². The van der Waals surface area contributed by atoms with Crippen LogP contribution in [-0.4, -0.2) is 144 Å². The van der Waals surface area contributed by atoms with Crippen LogP contribution in [0.3, 0.4) is 0 Å². The summed E-state index contributed by atoms with van der Waals surface area (Å²) in [5.41, 5.74) is 16.4. The first kappa shape index (κ1) is 114. The summed E-state index contributed by atoms with van der Waals surface area (Å²) in [4.78, 5) is 52.0. The number of para-hydroxylation sites is 5. The lowest BCUT2D eigenvalue weighted by molar-refractivity contribution is 0.0691. The molecule has 6 aliphatic rings. The Hall–Kier alpha value is -11.1. The normalized spacial score (nSPS) is 15.3. The third kappa shape index (κ3) is 34.5. The van der Waals surface area contributed by atoms with Crippen molar-refractivity contribution in [3.63, 3.8) is 0 Å². The molecule has 19 nitrogen and oxygen atoms in total. The Labute approximate surface area is 922 Å². The average Bonchev–Trinajstić information content (AvgIpc) is 0.850. The number of benzene rings is 6. The van der Waals surface area contributed by atoms with Crippen molar-refractivity contribution >= 4 is 140 Å². The van der Waals surface area contributed by atoms with Crippen LogP contribution in [0.5, 0.6) is 34.5 Å². The summed E-state index contributed by atoms with van der Waals surface area (Å²) in [6.07, 6.45) is 34.1. The fourth-order valence-electron chi connectivity index (χ4n) is 17.5. The Kier molecular flexibility index (Phi) is 44.6. The van der Waals surface area contributed by atoms with E-state index in [1.165, 1.54) is 69.6 Å². The minimum Gasteiger partial charge on any atom is -0.488 e. The SMILES string of the molecule is C=C(c1cncc(COc2c(Br)cccc2Br)c1)N1CCC(C)CC1.C=C(c1cncc(COc2c(F)cccc2F)c1)N1CCC(C)CC1.C=C(c1cncc(COc2cccc(Cl)c2Cl)c1)N1CCC(C)CC1.C=C(c1cncc(COc2ccccc2Br)c1)N1CCC(C)CC1.C=C(c1cncc(COc2ccccc2Cl)c1)N1CCC(C)CC1.CC1CCN(C(=O)c2ccc(COc3c(Cl)cccc3Cl)cn2)CC1. The number of rotatable bonds is 29. The lowest BCUT2D eigenvalue weighted by Gasteiger charge is -2.33. The van der Waals surface area contributed by atoms with Gasteiger partial charge in [0.25, 0.3) is 5.91 Å². The molecule has 18 rings (SSSR count). The van der Waals surface area contributed by atoms with Crippen molar-refractivity contribution in [2.75, 3.05) is 78.5 Å². The molecule has 0 bridgehead atoms. The number of likely N-dealkylation sites (tertiary alicyclic amines) is 6. The molecule has 6 aromatic heterocycles. The van der Waals surface area contributed by atoms with Gasteiger partial charge in [-0.05, 0) is 270 Å². The van der Waals surface area contributed by atoms with Crippen molar-refractivity contribution in [3.8, 4) is 34.5 Å². The number of hydrogen-bond acceptors (Lipinski definition) is 18. The lowest BCUT2D eigenvalue weighted by Crippen LogP contribution is -2.38. The molecule has 0 saturated carbocycles. The van der Waals surface area contributed by atoms with E-state index < -0.39 is 11.6 Å². The number of piperidine rings is 6. The second kappa shape index (κ2) is 57.8. The Morgan fingerprint density at radius 1 is 0.297 bits per heavy atom. The first-order valence-electron chi connectivity index (χ1n) is 50.6. The fourth-order valence-corrected chi connectivity index (χ4v) is 20.1. The maximum Gasteiger partial charge on any atom is 0.272 e. The van der Waals surface area contributed by atoms with Crippen LogP contribution < -0.4 is 28.4 Å². The first-order chi connectivity index (χ1) is 71.4. The molecular weight excluding hydrogens is 2160 g/mol. The molecular formula is C119H132Br3Cl5F2N12O7. The minimum atomic E-state index is -0.712. The zero-order valence-electron chi connectivity index (χ0n) is 85.2. The highest BCUT2D eigenvalue weighted by atomic mass is 79.9. The predicted octanol–water partition coefficient (Wildman–Crippen LogP) is 31.2. The summed E-state index contributed by atoms with van der Waals surface area (Å²) in [7, 11) is 0. The maximum absolute atomic E-state index is 13.6. The van der Waals surface area contributed by atoms with Crippen molar-refractivity contribution in [2.24, 2.45) is 35.5 Å². The molecule has 0 unspecified atom stereocenters.